The number of dihydropyridines is 1. The van der Waals surface area contributed by atoms with Gasteiger partial charge in [-0.3, -0.25) is 9.79 Å². The van der Waals surface area contributed by atoms with Crippen LogP contribution >= 0.6 is 0 Å². The Morgan fingerprint density at radius 1 is 1.67 bits per heavy atom. The van der Waals surface area contributed by atoms with E-state index in [4.69, 9.17) is 9.47 Å². The van der Waals surface area contributed by atoms with Gasteiger partial charge in [0.2, 0.25) is 0 Å². The third kappa shape index (κ3) is 1.25. The Morgan fingerprint density at radius 2 is 2.42 bits per heavy atom. The lowest BCUT2D eigenvalue weighted by Gasteiger charge is -2.27. The molecule has 0 aromatic carbocycles. The first-order chi connectivity index (χ1) is 5.79. The number of hydrogen-bond donors (Lipinski definition) is 0. The molecule has 4 nitrogen and oxygen atoms in total. The number of allylic oxidation sites excluding steroid dienone is 1. The summed E-state index contributed by atoms with van der Waals surface area (Å²) in [7, 11) is 2.96. The molecule has 1 heterocycles. The molecule has 0 saturated carbocycles. The molecule has 0 aliphatic carbocycles. The van der Waals surface area contributed by atoms with Gasteiger partial charge in [-0.1, -0.05) is 0 Å². The predicted octanol–water partition coefficient (Wildman–Crippen LogP) is 0.185. The summed E-state index contributed by atoms with van der Waals surface area (Å²) in [6.45, 7) is 0.284. The van der Waals surface area contributed by atoms with Gasteiger partial charge in [0.15, 0.2) is 11.9 Å². The van der Waals surface area contributed by atoms with Crippen molar-refractivity contribution >= 4 is 12.5 Å². The van der Waals surface area contributed by atoms with Crippen molar-refractivity contribution in [3.05, 3.63) is 11.8 Å². The summed E-state index contributed by atoms with van der Waals surface area (Å²) >= 11 is 0. The van der Waals surface area contributed by atoms with Gasteiger partial charge in [-0.2, -0.15) is 0 Å². The van der Waals surface area contributed by atoms with Crippen molar-refractivity contribution in [1.82, 2.24) is 0 Å². The van der Waals surface area contributed by atoms with E-state index in [1.165, 1.54) is 14.2 Å². The van der Waals surface area contributed by atoms with E-state index >= 15 is 0 Å². The van der Waals surface area contributed by atoms with Gasteiger partial charge >= 0.3 is 0 Å². The molecule has 12 heavy (non-hydrogen) atoms. The quantitative estimate of drug-likeness (QED) is 0.566. The van der Waals surface area contributed by atoms with Gasteiger partial charge in [-0.15, -0.1) is 0 Å². The van der Waals surface area contributed by atoms with Crippen LogP contribution in [-0.4, -0.2) is 38.9 Å². The highest BCUT2D eigenvalue weighted by Gasteiger charge is 2.36. The standard InChI is InChI=1S/C8H11NO3/c1-11-7-3-4-9-5-8(7,6-10)12-2/h3-4,6H,5H2,1-2H3. The van der Waals surface area contributed by atoms with Gasteiger partial charge in [0.05, 0.1) is 13.7 Å². The van der Waals surface area contributed by atoms with Crippen LogP contribution in [0.3, 0.4) is 0 Å². The largest absolute Gasteiger partial charge is 0.497 e. The smallest absolute Gasteiger partial charge is 0.199 e. The molecule has 0 aromatic rings. The van der Waals surface area contributed by atoms with Gasteiger partial charge in [-0.25, -0.2) is 0 Å². The molecular weight excluding hydrogens is 158 g/mol. The fourth-order valence-electron chi connectivity index (χ4n) is 1.08. The molecule has 0 fully saturated rings. The van der Waals surface area contributed by atoms with Gasteiger partial charge in [0.25, 0.3) is 0 Å². The lowest BCUT2D eigenvalue weighted by atomic mass is 10.0. The molecule has 4 heteroatoms. The zero-order valence-electron chi connectivity index (χ0n) is 7.11. The summed E-state index contributed by atoms with van der Waals surface area (Å²) in [5, 5.41) is 0. The summed E-state index contributed by atoms with van der Waals surface area (Å²) < 4.78 is 10.1. The topological polar surface area (TPSA) is 47.9 Å². The van der Waals surface area contributed by atoms with Gasteiger partial charge in [0, 0.05) is 13.3 Å². The molecule has 0 aromatic heterocycles. The first-order valence-corrected chi connectivity index (χ1v) is 3.55. The Kier molecular flexibility index (Phi) is 2.60. The fourth-order valence-corrected chi connectivity index (χ4v) is 1.08. The summed E-state index contributed by atoms with van der Waals surface area (Å²) in [6, 6.07) is 0. The van der Waals surface area contributed by atoms with Crippen LogP contribution in [0.15, 0.2) is 16.8 Å². The Hall–Kier alpha value is -1.16. The number of aldehydes is 1. The Morgan fingerprint density at radius 3 is 2.83 bits per heavy atom. The predicted molar refractivity (Wildman–Crippen MR) is 44.3 cm³/mol. The summed E-state index contributed by atoms with van der Waals surface area (Å²) in [4.78, 5) is 14.7. The van der Waals surface area contributed by atoms with Crippen LogP contribution < -0.4 is 0 Å². The molecule has 0 spiro atoms. The first kappa shape index (κ1) is 8.93. The first-order valence-electron chi connectivity index (χ1n) is 3.55. The van der Waals surface area contributed by atoms with Crippen LogP contribution in [0.4, 0.5) is 0 Å². The highest BCUT2D eigenvalue weighted by Crippen LogP contribution is 2.21. The van der Waals surface area contributed by atoms with E-state index in [0.717, 1.165) is 0 Å². The van der Waals surface area contributed by atoms with Crippen molar-refractivity contribution in [2.75, 3.05) is 20.8 Å². The molecule has 1 aliphatic heterocycles. The van der Waals surface area contributed by atoms with Crippen LogP contribution in [-0.2, 0) is 14.3 Å². The second-order valence-corrected chi connectivity index (χ2v) is 2.44. The number of aliphatic imine (C=N–C) groups is 1. The molecule has 66 valence electrons. The lowest BCUT2D eigenvalue weighted by Crippen LogP contribution is -2.41. The zero-order valence-corrected chi connectivity index (χ0v) is 7.11. The van der Waals surface area contributed by atoms with Gasteiger partial charge < -0.3 is 9.47 Å². The van der Waals surface area contributed by atoms with E-state index in [0.29, 0.717) is 12.0 Å². The summed E-state index contributed by atoms with van der Waals surface area (Å²) in [5.74, 6) is 0.495. The average molecular weight is 169 g/mol. The van der Waals surface area contributed by atoms with Crippen LogP contribution in [0.1, 0.15) is 0 Å². The third-order valence-electron chi connectivity index (χ3n) is 1.85. The van der Waals surface area contributed by atoms with Crippen molar-refractivity contribution in [2.45, 2.75) is 5.60 Å². The number of rotatable bonds is 3. The molecule has 0 saturated heterocycles. The molecule has 1 aliphatic rings. The van der Waals surface area contributed by atoms with Crippen LogP contribution in [0.5, 0.6) is 0 Å². The number of ether oxygens (including phenoxy) is 2. The van der Waals surface area contributed by atoms with Crippen molar-refractivity contribution in [1.29, 1.82) is 0 Å². The minimum absolute atomic E-state index is 0.284. The van der Waals surface area contributed by atoms with Crippen LogP contribution in [0.2, 0.25) is 0 Å². The maximum atomic E-state index is 10.8. The zero-order chi connectivity index (χ0) is 9.03. The molecular formula is C8H11NO3. The van der Waals surface area contributed by atoms with Crippen molar-refractivity contribution in [3.8, 4) is 0 Å². The average Bonchev–Trinajstić information content (AvgIpc) is 2.17. The second kappa shape index (κ2) is 3.49. The number of nitrogens with zero attached hydrogens (tertiary/aromatic N) is 1. The van der Waals surface area contributed by atoms with Crippen molar-refractivity contribution < 1.29 is 14.3 Å². The maximum absolute atomic E-state index is 10.8. The number of hydrogen-bond acceptors (Lipinski definition) is 4. The number of carbonyl (C=O) groups excluding carboxylic acids is 1. The SMILES string of the molecule is COC1=CC=NCC1(C=O)OC. The van der Waals surface area contributed by atoms with Gasteiger partial charge in [0.1, 0.15) is 5.76 Å². The third-order valence-corrected chi connectivity index (χ3v) is 1.85. The minimum Gasteiger partial charge on any atom is -0.497 e. The Labute approximate surface area is 70.9 Å². The molecule has 1 rings (SSSR count). The number of methoxy groups -OCH3 is 2. The van der Waals surface area contributed by atoms with Crippen LogP contribution in [0.25, 0.3) is 0 Å². The summed E-state index contributed by atoms with van der Waals surface area (Å²) in [6.07, 6.45) is 3.93. The van der Waals surface area contributed by atoms with E-state index in [2.05, 4.69) is 4.99 Å². The molecule has 0 bridgehead atoms. The Bertz CT molecular complexity index is 234. The molecule has 0 radical (unpaired) electrons. The normalized spacial score (nSPS) is 28.0. The van der Waals surface area contributed by atoms with E-state index in [-0.39, 0.29) is 6.54 Å². The lowest BCUT2D eigenvalue weighted by molar-refractivity contribution is -0.126. The molecule has 1 atom stereocenters. The maximum Gasteiger partial charge on any atom is 0.199 e. The monoisotopic (exact) mass is 169 g/mol. The van der Waals surface area contributed by atoms with Gasteiger partial charge in [-0.05, 0) is 6.08 Å². The molecule has 1 unspecified atom stereocenters. The van der Waals surface area contributed by atoms with E-state index in [9.17, 15) is 4.79 Å². The number of carbonyl (C=O) groups is 1. The second-order valence-electron chi connectivity index (χ2n) is 2.44. The molecule has 0 N–H and O–H groups in total. The van der Waals surface area contributed by atoms with E-state index in [1.807, 2.05) is 0 Å². The summed E-state index contributed by atoms with van der Waals surface area (Å²) in [5.41, 5.74) is -1.01. The van der Waals surface area contributed by atoms with Crippen LogP contribution in [0, 0.1) is 0 Å². The fraction of sp³-hybridized carbons (Fsp3) is 0.500. The minimum atomic E-state index is -1.01. The van der Waals surface area contributed by atoms with Crippen molar-refractivity contribution in [3.63, 3.8) is 0 Å². The van der Waals surface area contributed by atoms with Crippen molar-refractivity contribution in [2.24, 2.45) is 4.99 Å². The van der Waals surface area contributed by atoms with E-state index < -0.39 is 5.60 Å². The molecule has 0 amide bonds. The Balaban J connectivity index is 2.96. The van der Waals surface area contributed by atoms with E-state index in [1.54, 1.807) is 12.3 Å². The highest BCUT2D eigenvalue weighted by molar-refractivity contribution is 5.79. The highest BCUT2D eigenvalue weighted by atomic mass is 16.5.